The summed E-state index contributed by atoms with van der Waals surface area (Å²) in [4.78, 5) is 26.2. The highest BCUT2D eigenvalue weighted by molar-refractivity contribution is 5.99. The molecule has 0 saturated carbocycles. The highest BCUT2D eigenvalue weighted by Crippen LogP contribution is 2.13. The summed E-state index contributed by atoms with van der Waals surface area (Å²) in [6, 6.07) is 6.83. The molecular weight excluding hydrogens is 313 g/mol. The lowest BCUT2D eigenvalue weighted by molar-refractivity contribution is -0.117. The van der Waals surface area contributed by atoms with Gasteiger partial charge in [0, 0.05) is 17.7 Å². The van der Waals surface area contributed by atoms with Crippen LogP contribution in [0.3, 0.4) is 0 Å². The zero-order valence-electron chi connectivity index (χ0n) is 13.9. The molecule has 128 valence electrons. The average Bonchev–Trinajstić information content (AvgIpc) is 2.96. The van der Waals surface area contributed by atoms with Crippen molar-refractivity contribution in [1.82, 2.24) is 10.1 Å². The fourth-order valence-corrected chi connectivity index (χ4v) is 2.20. The van der Waals surface area contributed by atoms with Crippen LogP contribution in [0.2, 0.25) is 0 Å². The summed E-state index contributed by atoms with van der Waals surface area (Å²) in [5.74, 6) is -0.420. The number of hydrogen-bond acceptors (Lipinski definition) is 4. The van der Waals surface area contributed by atoms with E-state index < -0.39 is 17.6 Å². The van der Waals surface area contributed by atoms with E-state index >= 15 is 0 Å². The predicted octanol–water partition coefficient (Wildman–Crippen LogP) is 3.00. The molecule has 0 bridgehead atoms. The first-order valence-corrected chi connectivity index (χ1v) is 7.70. The third-order valence-electron chi connectivity index (χ3n) is 3.66. The Labute approximate surface area is 139 Å². The van der Waals surface area contributed by atoms with Gasteiger partial charge in [-0.05, 0) is 38.5 Å². The quantitative estimate of drug-likeness (QED) is 0.882. The van der Waals surface area contributed by atoms with Crippen LogP contribution in [0.4, 0.5) is 10.2 Å². The van der Waals surface area contributed by atoms with Crippen molar-refractivity contribution >= 4 is 17.6 Å². The summed E-state index contributed by atoms with van der Waals surface area (Å²) < 4.78 is 18.2. The molecule has 0 radical (unpaired) electrons. The molecule has 2 aromatic rings. The molecule has 0 aliphatic rings. The Morgan fingerprint density at radius 2 is 2.12 bits per heavy atom. The lowest BCUT2D eigenvalue weighted by atomic mass is 10.1. The molecule has 0 saturated heterocycles. The predicted molar refractivity (Wildman–Crippen MR) is 87.1 cm³/mol. The smallest absolute Gasteiger partial charge is 0.254 e. The Bertz CT molecular complexity index is 729. The van der Waals surface area contributed by atoms with Crippen molar-refractivity contribution in [1.29, 1.82) is 0 Å². The maximum absolute atomic E-state index is 13.4. The molecule has 24 heavy (non-hydrogen) atoms. The molecule has 6 nitrogen and oxygen atoms in total. The zero-order valence-corrected chi connectivity index (χ0v) is 13.9. The second-order valence-corrected chi connectivity index (χ2v) is 5.57. The molecule has 0 aliphatic heterocycles. The number of nitrogens with one attached hydrogen (secondary N) is 1. The minimum Gasteiger partial charge on any atom is -0.360 e. The summed E-state index contributed by atoms with van der Waals surface area (Å²) >= 11 is 0. The molecule has 0 aliphatic carbocycles. The van der Waals surface area contributed by atoms with Crippen LogP contribution in [0.15, 0.2) is 34.9 Å². The van der Waals surface area contributed by atoms with Gasteiger partial charge in [0.2, 0.25) is 5.91 Å². The molecule has 7 heteroatoms. The summed E-state index contributed by atoms with van der Waals surface area (Å²) in [6.07, 6.45) is 0.664. The van der Waals surface area contributed by atoms with Gasteiger partial charge >= 0.3 is 0 Å². The lowest BCUT2D eigenvalue weighted by Gasteiger charge is -2.28. The number of rotatable bonds is 6. The standard InChI is InChI=1S/C17H20FN3O3/c1-4-11(2)21(17(23)13-6-5-7-14(18)9-13)10-16(22)19-15-8-12(3)24-20-15/h5-9,11H,4,10H2,1-3H3,(H,19,20,22). The van der Waals surface area contributed by atoms with Gasteiger partial charge in [0.25, 0.3) is 5.91 Å². The molecule has 1 heterocycles. The van der Waals surface area contributed by atoms with E-state index in [2.05, 4.69) is 10.5 Å². The molecule has 0 spiro atoms. The summed E-state index contributed by atoms with van der Waals surface area (Å²) in [5.41, 5.74) is 0.209. The molecule has 1 atom stereocenters. The third-order valence-corrected chi connectivity index (χ3v) is 3.66. The number of anilines is 1. The normalized spacial score (nSPS) is 11.8. The first kappa shape index (κ1) is 17.7. The van der Waals surface area contributed by atoms with Gasteiger partial charge in [-0.1, -0.05) is 18.1 Å². The minimum atomic E-state index is -0.493. The van der Waals surface area contributed by atoms with Crippen molar-refractivity contribution in [3.05, 3.63) is 47.5 Å². The number of carbonyl (C=O) groups excluding carboxylic acids is 2. The molecule has 1 unspecified atom stereocenters. The maximum Gasteiger partial charge on any atom is 0.254 e. The molecule has 1 aromatic carbocycles. The minimum absolute atomic E-state index is 0.156. The Morgan fingerprint density at radius 1 is 1.38 bits per heavy atom. The first-order chi connectivity index (χ1) is 11.4. The number of amides is 2. The van der Waals surface area contributed by atoms with Crippen molar-refractivity contribution in [2.75, 3.05) is 11.9 Å². The number of aryl methyl sites for hydroxylation is 1. The van der Waals surface area contributed by atoms with Crippen molar-refractivity contribution in [3.8, 4) is 0 Å². The van der Waals surface area contributed by atoms with E-state index in [1.165, 1.54) is 23.1 Å². The third kappa shape index (κ3) is 4.41. The Hall–Kier alpha value is -2.70. The zero-order chi connectivity index (χ0) is 17.7. The van der Waals surface area contributed by atoms with E-state index in [0.717, 1.165) is 6.07 Å². The molecule has 2 rings (SSSR count). The maximum atomic E-state index is 13.4. The van der Waals surface area contributed by atoms with E-state index in [4.69, 9.17) is 4.52 Å². The Kier molecular flexibility index (Phi) is 5.68. The lowest BCUT2D eigenvalue weighted by Crippen LogP contribution is -2.43. The molecule has 1 N–H and O–H groups in total. The number of hydrogen-bond donors (Lipinski definition) is 1. The van der Waals surface area contributed by atoms with Crippen molar-refractivity contribution < 1.29 is 18.5 Å². The molecular formula is C17H20FN3O3. The number of benzene rings is 1. The highest BCUT2D eigenvalue weighted by atomic mass is 19.1. The number of carbonyl (C=O) groups is 2. The van der Waals surface area contributed by atoms with Crippen molar-refractivity contribution in [2.24, 2.45) is 0 Å². The van der Waals surface area contributed by atoms with E-state index in [0.29, 0.717) is 18.0 Å². The van der Waals surface area contributed by atoms with Crippen LogP contribution in [-0.2, 0) is 4.79 Å². The van der Waals surface area contributed by atoms with E-state index in [1.807, 2.05) is 13.8 Å². The second kappa shape index (κ2) is 7.72. The Morgan fingerprint density at radius 3 is 2.71 bits per heavy atom. The van der Waals surface area contributed by atoms with Gasteiger partial charge in [0.1, 0.15) is 18.1 Å². The monoisotopic (exact) mass is 333 g/mol. The van der Waals surface area contributed by atoms with Gasteiger partial charge in [-0.3, -0.25) is 9.59 Å². The van der Waals surface area contributed by atoms with Crippen LogP contribution in [0.25, 0.3) is 0 Å². The number of aromatic nitrogens is 1. The first-order valence-electron chi connectivity index (χ1n) is 7.70. The van der Waals surface area contributed by atoms with Gasteiger partial charge in [0.05, 0.1) is 0 Å². The summed E-state index contributed by atoms with van der Waals surface area (Å²) in [5, 5.41) is 6.26. The summed E-state index contributed by atoms with van der Waals surface area (Å²) in [6.45, 7) is 5.30. The SMILES string of the molecule is CCC(C)N(CC(=O)Nc1cc(C)on1)C(=O)c1cccc(F)c1. The number of nitrogens with zero attached hydrogens (tertiary/aromatic N) is 2. The van der Waals surface area contributed by atoms with Crippen LogP contribution in [0.1, 0.15) is 36.4 Å². The Balaban J connectivity index is 2.13. The fourth-order valence-electron chi connectivity index (χ4n) is 2.20. The van der Waals surface area contributed by atoms with Crippen molar-refractivity contribution in [3.63, 3.8) is 0 Å². The van der Waals surface area contributed by atoms with Crippen LogP contribution in [-0.4, -0.2) is 34.5 Å². The number of halogens is 1. The topological polar surface area (TPSA) is 75.4 Å². The van der Waals surface area contributed by atoms with E-state index in [-0.39, 0.29) is 18.2 Å². The average molecular weight is 333 g/mol. The van der Waals surface area contributed by atoms with Gasteiger partial charge in [-0.15, -0.1) is 0 Å². The van der Waals surface area contributed by atoms with Crippen LogP contribution in [0, 0.1) is 12.7 Å². The molecule has 0 fully saturated rings. The van der Waals surface area contributed by atoms with Crippen LogP contribution < -0.4 is 5.32 Å². The van der Waals surface area contributed by atoms with Crippen molar-refractivity contribution in [2.45, 2.75) is 33.2 Å². The second-order valence-electron chi connectivity index (χ2n) is 5.57. The molecule has 2 amide bonds. The van der Waals surface area contributed by atoms with E-state index in [9.17, 15) is 14.0 Å². The van der Waals surface area contributed by atoms with Crippen LogP contribution in [0.5, 0.6) is 0 Å². The summed E-state index contributed by atoms with van der Waals surface area (Å²) in [7, 11) is 0. The highest BCUT2D eigenvalue weighted by Gasteiger charge is 2.23. The van der Waals surface area contributed by atoms with E-state index in [1.54, 1.807) is 13.0 Å². The van der Waals surface area contributed by atoms with Gasteiger partial charge in [0.15, 0.2) is 5.82 Å². The molecule has 1 aromatic heterocycles. The van der Waals surface area contributed by atoms with Crippen LogP contribution >= 0.6 is 0 Å². The largest absolute Gasteiger partial charge is 0.360 e. The fraction of sp³-hybridized carbons (Fsp3) is 0.353. The van der Waals surface area contributed by atoms with Gasteiger partial charge < -0.3 is 14.7 Å². The van der Waals surface area contributed by atoms with Gasteiger partial charge in [-0.2, -0.15) is 0 Å². The van der Waals surface area contributed by atoms with Gasteiger partial charge in [-0.25, -0.2) is 4.39 Å².